The number of para-hydroxylation sites is 2. The summed E-state index contributed by atoms with van der Waals surface area (Å²) in [6, 6.07) is 42.5. The third kappa shape index (κ3) is 12.8. The van der Waals surface area contributed by atoms with Gasteiger partial charge in [-0.15, -0.1) is 0 Å². The molecule has 6 aromatic rings. The van der Waals surface area contributed by atoms with Gasteiger partial charge in [-0.05, 0) is 133 Å². The molecule has 0 atom stereocenters. The number of aryl methyl sites for hydroxylation is 2. The molecule has 2 aliphatic heterocycles. The second-order valence-corrected chi connectivity index (χ2v) is 24.1. The van der Waals surface area contributed by atoms with Crippen LogP contribution in [-0.4, -0.2) is 79.8 Å². The standard InChI is InChI=1S/C62H70N4O7S2/c1-44(2)60(67)64-38-16-37-63-43-53-51-22-9-7-20-48(51)50(49-21-8-10-23-52(49)53)24-15-19-45-29-31-46(32-30-45)47(33-35-58-61(3,4)54-25-11-13-27-56(54)65(58)39-17-41-74(68,69)70)34-36-59-62(5,6)55-26-12-14-28-57(55)66(59)40-18-42-75(71,72)73/h7-14,20-23,25-36,63H,1,15-19,24,37-43H2,2-6H3,(H2-,64,67,68,69,70,71,72,73)/p+1. The third-order valence-electron chi connectivity index (χ3n) is 14.8. The number of nitrogens with one attached hydrogen (secondary N) is 2. The maximum atomic E-state index is 12.0. The fourth-order valence-corrected chi connectivity index (χ4v) is 12.0. The Morgan fingerprint density at radius 3 is 1.91 bits per heavy atom. The molecule has 0 fully saturated rings. The molecular weight excluding hydrogens is 977 g/mol. The molecule has 2 aliphatic rings. The van der Waals surface area contributed by atoms with E-state index in [4.69, 9.17) is 0 Å². The van der Waals surface area contributed by atoms with E-state index in [1.54, 1.807) is 6.92 Å². The van der Waals surface area contributed by atoms with Crippen molar-refractivity contribution in [2.24, 2.45) is 0 Å². The van der Waals surface area contributed by atoms with Crippen molar-refractivity contribution in [1.29, 1.82) is 0 Å². The number of allylic oxidation sites excluding steroid dienone is 6. The molecule has 0 bridgehead atoms. The summed E-state index contributed by atoms with van der Waals surface area (Å²) >= 11 is 0. The highest BCUT2D eigenvalue weighted by molar-refractivity contribution is 7.86. The van der Waals surface area contributed by atoms with E-state index in [1.165, 1.54) is 38.2 Å². The fraction of sp³-hybridized carbons (Fsp3) is 0.323. The molecule has 0 radical (unpaired) electrons. The first-order valence-electron chi connectivity index (χ1n) is 26.0. The van der Waals surface area contributed by atoms with Crippen molar-refractivity contribution >= 4 is 70.3 Å². The zero-order valence-electron chi connectivity index (χ0n) is 43.9. The minimum absolute atomic E-state index is 0.112. The van der Waals surface area contributed by atoms with Crippen LogP contribution in [-0.2, 0) is 55.2 Å². The van der Waals surface area contributed by atoms with Gasteiger partial charge in [-0.2, -0.15) is 21.4 Å². The molecule has 0 aliphatic carbocycles. The summed E-state index contributed by atoms with van der Waals surface area (Å²) in [6.07, 6.45) is 12.5. The molecule has 2 heterocycles. The lowest BCUT2D eigenvalue weighted by Gasteiger charge is -2.27. The van der Waals surface area contributed by atoms with Crippen molar-refractivity contribution in [3.8, 4) is 0 Å². The van der Waals surface area contributed by atoms with E-state index in [0.717, 1.165) is 77.3 Å². The van der Waals surface area contributed by atoms with Crippen LogP contribution in [0.2, 0.25) is 0 Å². The quantitative estimate of drug-likeness (QED) is 0.0123. The van der Waals surface area contributed by atoms with Gasteiger partial charge < -0.3 is 15.5 Å². The molecule has 11 nitrogen and oxygen atoms in total. The maximum absolute atomic E-state index is 12.0. The third-order valence-corrected chi connectivity index (χ3v) is 16.5. The van der Waals surface area contributed by atoms with E-state index in [1.807, 2.05) is 24.3 Å². The van der Waals surface area contributed by atoms with Crippen LogP contribution in [0.4, 0.5) is 11.4 Å². The van der Waals surface area contributed by atoms with Crippen molar-refractivity contribution < 1.29 is 35.3 Å². The smallest absolute Gasteiger partial charge is 0.265 e. The monoisotopic (exact) mass is 1050 g/mol. The minimum Gasteiger partial charge on any atom is -0.352 e. The number of amides is 1. The first-order valence-corrected chi connectivity index (χ1v) is 29.2. The summed E-state index contributed by atoms with van der Waals surface area (Å²) < 4.78 is 68.8. The van der Waals surface area contributed by atoms with Crippen LogP contribution in [0.5, 0.6) is 0 Å². The number of anilines is 1. The molecule has 13 heteroatoms. The van der Waals surface area contributed by atoms with Crippen molar-refractivity contribution in [3.63, 3.8) is 0 Å². The van der Waals surface area contributed by atoms with Gasteiger partial charge in [0.1, 0.15) is 6.54 Å². The number of rotatable bonds is 23. The highest BCUT2D eigenvalue weighted by Gasteiger charge is 2.44. The van der Waals surface area contributed by atoms with Gasteiger partial charge in [0.25, 0.3) is 20.2 Å². The Kier molecular flexibility index (Phi) is 16.9. The van der Waals surface area contributed by atoms with Crippen LogP contribution >= 0.6 is 0 Å². The predicted octanol–water partition coefficient (Wildman–Crippen LogP) is 11.6. The molecule has 0 saturated heterocycles. The first kappa shape index (κ1) is 54.8. The Labute approximate surface area is 444 Å². The molecule has 0 unspecified atom stereocenters. The second-order valence-electron chi connectivity index (χ2n) is 20.9. The van der Waals surface area contributed by atoms with Gasteiger partial charge in [0.2, 0.25) is 11.6 Å². The largest absolute Gasteiger partial charge is 0.352 e. The van der Waals surface area contributed by atoms with Crippen molar-refractivity contribution in [2.45, 2.75) is 90.5 Å². The van der Waals surface area contributed by atoms with Gasteiger partial charge in [-0.25, -0.2) is 0 Å². The number of hydrogen-bond acceptors (Lipinski definition) is 7. The predicted molar refractivity (Wildman–Crippen MR) is 307 cm³/mol. The lowest BCUT2D eigenvalue weighted by molar-refractivity contribution is -0.437. The van der Waals surface area contributed by atoms with Crippen LogP contribution in [0.1, 0.15) is 93.7 Å². The lowest BCUT2D eigenvalue weighted by atomic mass is 9.81. The summed E-state index contributed by atoms with van der Waals surface area (Å²) in [5.74, 6) is -0.795. The van der Waals surface area contributed by atoms with Gasteiger partial charge in [0.15, 0.2) is 5.71 Å². The highest BCUT2D eigenvalue weighted by atomic mass is 32.2. The molecule has 6 aromatic carbocycles. The number of carbonyl (C=O) groups is 1. The molecule has 0 spiro atoms. The molecule has 75 heavy (non-hydrogen) atoms. The van der Waals surface area contributed by atoms with Gasteiger partial charge in [-0.1, -0.05) is 136 Å². The van der Waals surface area contributed by atoms with E-state index in [0.29, 0.717) is 31.8 Å². The Morgan fingerprint density at radius 2 is 1.27 bits per heavy atom. The summed E-state index contributed by atoms with van der Waals surface area (Å²) in [6.45, 7) is 17.0. The van der Waals surface area contributed by atoms with Crippen molar-refractivity contribution in [3.05, 3.63) is 197 Å². The fourth-order valence-electron chi connectivity index (χ4n) is 11.0. The molecular formula is C62H71N4O7S2+. The Hall–Kier alpha value is -6.48. The molecule has 1 amide bonds. The van der Waals surface area contributed by atoms with Crippen molar-refractivity contribution in [1.82, 2.24) is 10.6 Å². The van der Waals surface area contributed by atoms with E-state index < -0.39 is 31.1 Å². The number of fused-ring (bicyclic) bond motifs is 4. The van der Waals surface area contributed by atoms with Crippen LogP contribution in [0, 0.1) is 0 Å². The summed E-state index contributed by atoms with van der Waals surface area (Å²) in [4.78, 5) is 14.1. The van der Waals surface area contributed by atoms with Crippen LogP contribution in [0.25, 0.3) is 27.1 Å². The zero-order valence-corrected chi connectivity index (χ0v) is 45.5. The molecule has 0 aromatic heterocycles. The van der Waals surface area contributed by atoms with Gasteiger partial charge in [-0.3, -0.25) is 13.9 Å². The Balaban J connectivity index is 1.09. The number of carbonyl (C=O) groups excluding carboxylic acids is 1. The van der Waals surface area contributed by atoms with Crippen LogP contribution in [0.15, 0.2) is 163 Å². The van der Waals surface area contributed by atoms with E-state index in [-0.39, 0.29) is 30.3 Å². The van der Waals surface area contributed by atoms with Crippen LogP contribution in [0.3, 0.4) is 0 Å². The normalized spacial score (nSPS) is 15.9. The maximum Gasteiger partial charge on any atom is 0.265 e. The van der Waals surface area contributed by atoms with Gasteiger partial charge in [0, 0.05) is 66.1 Å². The topological polar surface area (TPSA) is 156 Å². The Morgan fingerprint density at radius 1 is 0.680 bits per heavy atom. The number of nitrogens with zero attached hydrogens (tertiary/aromatic N) is 2. The number of hydrogen-bond donors (Lipinski definition) is 4. The highest BCUT2D eigenvalue weighted by Crippen LogP contribution is 2.48. The second kappa shape index (κ2) is 23.2. The zero-order chi connectivity index (χ0) is 53.5. The van der Waals surface area contributed by atoms with E-state index in [9.17, 15) is 30.7 Å². The average molecular weight is 1050 g/mol. The minimum atomic E-state index is -4.14. The first-order chi connectivity index (χ1) is 35.7. The lowest BCUT2D eigenvalue weighted by Crippen LogP contribution is -2.28. The summed E-state index contributed by atoms with van der Waals surface area (Å²) in [5, 5.41) is 11.6. The van der Waals surface area contributed by atoms with Gasteiger partial charge >= 0.3 is 0 Å². The molecule has 8 rings (SSSR count). The van der Waals surface area contributed by atoms with E-state index >= 15 is 0 Å². The average Bonchev–Trinajstić information content (AvgIpc) is 3.72. The molecule has 4 N–H and O–H groups in total. The SMILES string of the molecule is C=C(C)C(=O)NCCCNCc1c2ccccc2c(CCCc2ccc(C(C=CC3=[N+](CCCS(=O)(=O)O)c4ccccc4C3(C)C)=CC=C3N(CCCS(=O)(=O)O)c4ccccc4C3(C)C)cc2)c2ccccc12. The molecule has 392 valence electrons. The van der Waals surface area contributed by atoms with E-state index in [2.05, 4.69) is 176 Å². The van der Waals surface area contributed by atoms with Crippen LogP contribution < -0.4 is 15.5 Å². The molecule has 0 saturated carbocycles. The summed E-state index contributed by atoms with van der Waals surface area (Å²) in [7, 11) is -8.29. The van der Waals surface area contributed by atoms with Gasteiger partial charge in [0.05, 0.1) is 16.9 Å². The number of benzene rings is 6. The van der Waals surface area contributed by atoms with Crippen molar-refractivity contribution in [2.75, 3.05) is 42.6 Å². The Bertz CT molecular complexity index is 3420. The summed E-state index contributed by atoms with van der Waals surface area (Å²) in [5.41, 5.74) is 11.7.